The number of halogens is 1. The molecule has 0 spiro atoms. The van der Waals surface area contributed by atoms with E-state index >= 15 is 0 Å². The standard InChI is InChI=1S/C13H28N4O.HI/c1-4-5-6-7-15-13(14-2)16-10-12-11-17(3)8-9-18-12;/h12H,4-11H2,1-3H3,(H2,14,15,16);1H. The van der Waals surface area contributed by atoms with Gasteiger partial charge in [0.2, 0.25) is 0 Å². The predicted octanol–water partition coefficient (Wildman–Crippen LogP) is 1.29. The fourth-order valence-electron chi connectivity index (χ4n) is 2.00. The van der Waals surface area contributed by atoms with Gasteiger partial charge in [-0.1, -0.05) is 19.8 Å². The molecule has 1 atom stereocenters. The number of likely N-dealkylation sites (N-methyl/N-ethyl adjacent to an activating group) is 1. The van der Waals surface area contributed by atoms with Crippen molar-refractivity contribution in [2.75, 3.05) is 46.9 Å². The summed E-state index contributed by atoms with van der Waals surface area (Å²) >= 11 is 0. The second-order valence-corrected chi connectivity index (χ2v) is 4.84. The van der Waals surface area contributed by atoms with Crippen molar-refractivity contribution in [1.29, 1.82) is 0 Å². The minimum Gasteiger partial charge on any atom is -0.374 e. The Morgan fingerprint density at radius 1 is 1.37 bits per heavy atom. The van der Waals surface area contributed by atoms with Crippen LogP contribution in [0.5, 0.6) is 0 Å². The van der Waals surface area contributed by atoms with Crippen LogP contribution < -0.4 is 10.6 Å². The van der Waals surface area contributed by atoms with Crippen molar-refractivity contribution in [1.82, 2.24) is 15.5 Å². The molecule has 0 amide bonds. The van der Waals surface area contributed by atoms with Crippen molar-refractivity contribution in [3.8, 4) is 0 Å². The molecule has 0 aliphatic carbocycles. The van der Waals surface area contributed by atoms with Gasteiger partial charge in [-0.3, -0.25) is 4.99 Å². The van der Waals surface area contributed by atoms with Gasteiger partial charge in [-0.05, 0) is 13.5 Å². The Hall–Kier alpha value is -0.0800. The molecule has 1 rings (SSSR count). The van der Waals surface area contributed by atoms with Crippen molar-refractivity contribution < 1.29 is 4.74 Å². The highest BCUT2D eigenvalue weighted by Crippen LogP contribution is 2.01. The Kier molecular flexibility index (Phi) is 11.7. The maximum atomic E-state index is 5.70. The highest BCUT2D eigenvalue weighted by atomic mass is 127. The number of ether oxygens (including phenoxy) is 1. The van der Waals surface area contributed by atoms with Gasteiger partial charge in [0.25, 0.3) is 0 Å². The number of hydrogen-bond donors (Lipinski definition) is 2. The number of hydrogen-bond acceptors (Lipinski definition) is 3. The van der Waals surface area contributed by atoms with E-state index in [2.05, 4.69) is 34.5 Å². The van der Waals surface area contributed by atoms with Gasteiger partial charge in [0, 0.05) is 33.2 Å². The van der Waals surface area contributed by atoms with Gasteiger partial charge in [-0.15, -0.1) is 24.0 Å². The highest BCUT2D eigenvalue weighted by molar-refractivity contribution is 14.0. The van der Waals surface area contributed by atoms with Gasteiger partial charge < -0.3 is 20.3 Å². The third-order valence-electron chi connectivity index (χ3n) is 3.14. The molecule has 0 aromatic carbocycles. The smallest absolute Gasteiger partial charge is 0.191 e. The molecule has 1 heterocycles. The first kappa shape index (κ1) is 18.9. The van der Waals surface area contributed by atoms with E-state index in [0.29, 0.717) is 0 Å². The number of nitrogens with zero attached hydrogens (tertiary/aromatic N) is 2. The maximum absolute atomic E-state index is 5.70. The first-order valence-electron chi connectivity index (χ1n) is 7.01. The van der Waals surface area contributed by atoms with E-state index in [9.17, 15) is 0 Å². The maximum Gasteiger partial charge on any atom is 0.191 e. The van der Waals surface area contributed by atoms with Crippen LogP contribution in [0.3, 0.4) is 0 Å². The van der Waals surface area contributed by atoms with Gasteiger partial charge in [-0.2, -0.15) is 0 Å². The first-order valence-corrected chi connectivity index (χ1v) is 7.01. The average Bonchev–Trinajstić information content (AvgIpc) is 2.38. The van der Waals surface area contributed by atoms with Crippen LogP contribution in [0.4, 0.5) is 0 Å². The summed E-state index contributed by atoms with van der Waals surface area (Å²) in [7, 11) is 3.94. The summed E-state index contributed by atoms with van der Waals surface area (Å²) in [6.45, 7) is 6.85. The topological polar surface area (TPSA) is 48.9 Å². The number of guanidine groups is 1. The third-order valence-corrected chi connectivity index (χ3v) is 3.14. The molecule has 0 aromatic heterocycles. The van der Waals surface area contributed by atoms with Crippen LogP contribution in [0.2, 0.25) is 0 Å². The zero-order valence-corrected chi connectivity index (χ0v) is 14.8. The van der Waals surface area contributed by atoms with Crippen molar-refractivity contribution in [3.63, 3.8) is 0 Å². The molecule has 19 heavy (non-hydrogen) atoms. The highest BCUT2D eigenvalue weighted by Gasteiger charge is 2.17. The number of nitrogens with one attached hydrogen (secondary N) is 2. The van der Waals surface area contributed by atoms with Gasteiger partial charge in [0.05, 0.1) is 12.7 Å². The molecule has 0 radical (unpaired) electrons. The summed E-state index contributed by atoms with van der Waals surface area (Å²) in [6, 6.07) is 0. The molecule has 1 aliphatic heterocycles. The Balaban J connectivity index is 0.00000324. The first-order chi connectivity index (χ1) is 8.76. The van der Waals surface area contributed by atoms with Crippen LogP contribution in [0, 0.1) is 0 Å². The van der Waals surface area contributed by atoms with Gasteiger partial charge in [0.1, 0.15) is 0 Å². The summed E-state index contributed by atoms with van der Waals surface area (Å²) in [5.74, 6) is 0.878. The monoisotopic (exact) mass is 384 g/mol. The summed E-state index contributed by atoms with van der Waals surface area (Å²) in [5, 5.41) is 6.65. The van der Waals surface area contributed by atoms with E-state index in [4.69, 9.17) is 4.74 Å². The fraction of sp³-hybridized carbons (Fsp3) is 0.923. The zero-order valence-electron chi connectivity index (χ0n) is 12.4. The summed E-state index contributed by atoms with van der Waals surface area (Å²) in [4.78, 5) is 6.51. The largest absolute Gasteiger partial charge is 0.374 e. The minimum absolute atomic E-state index is 0. The molecule has 1 saturated heterocycles. The van der Waals surface area contributed by atoms with E-state index in [1.54, 1.807) is 0 Å². The summed E-state index contributed by atoms with van der Waals surface area (Å²) in [5.41, 5.74) is 0. The van der Waals surface area contributed by atoms with E-state index in [0.717, 1.165) is 38.7 Å². The van der Waals surface area contributed by atoms with Crippen molar-refractivity contribution in [2.24, 2.45) is 4.99 Å². The van der Waals surface area contributed by atoms with Crippen molar-refractivity contribution in [3.05, 3.63) is 0 Å². The van der Waals surface area contributed by atoms with E-state index < -0.39 is 0 Å². The lowest BCUT2D eigenvalue weighted by atomic mass is 10.2. The SMILES string of the molecule is CCCCCNC(=NC)NCC1CN(C)CCO1.I. The van der Waals surface area contributed by atoms with E-state index in [1.807, 2.05) is 7.05 Å². The minimum atomic E-state index is 0. The molecule has 1 fully saturated rings. The normalized spacial score (nSPS) is 20.8. The third kappa shape index (κ3) is 8.65. The van der Waals surface area contributed by atoms with Gasteiger partial charge in [0.15, 0.2) is 5.96 Å². The fourth-order valence-corrected chi connectivity index (χ4v) is 2.00. The molecular formula is C13H29IN4O. The van der Waals surface area contributed by atoms with Gasteiger partial charge >= 0.3 is 0 Å². The zero-order chi connectivity index (χ0) is 13.2. The molecule has 5 nitrogen and oxygen atoms in total. The Bertz CT molecular complexity index is 251. The quantitative estimate of drug-likeness (QED) is 0.314. The molecule has 0 saturated carbocycles. The lowest BCUT2D eigenvalue weighted by Crippen LogP contribution is -2.48. The number of rotatable bonds is 6. The van der Waals surface area contributed by atoms with E-state index in [-0.39, 0.29) is 30.1 Å². The molecule has 1 unspecified atom stereocenters. The Labute approximate surface area is 134 Å². The number of aliphatic imine (C=N–C) groups is 1. The second kappa shape index (κ2) is 11.7. The second-order valence-electron chi connectivity index (χ2n) is 4.84. The molecule has 0 bridgehead atoms. The van der Waals surface area contributed by atoms with Crippen LogP contribution in [-0.2, 0) is 4.74 Å². The average molecular weight is 384 g/mol. The molecule has 6 heteroatoms. The number of morpholine rings is 1. The van der Waals surface area contributed by atoms with Gasteiger partial charge in [-0.25, -0.2) is 0 Å². The summed E-state index contributed by atoms with van der Waals surface area (Å²) < 4.78 is 5.70. The molecule has 114 valence electrons. The molecule has 0 aromatic rings. The van der Waals surface area contributed by atoms with Crippen molar-refractivity contribution in [2.45, 2.75) is 32.3 Å². The Morgan fingerprint density at radius 2 is 2.16 bits per heavy atom. The van der Waals surface area contributed by atoms with Crippen molar-refractivity contribution >= 4 is 29.9 Å². The van der Waals surface area contributed by atoms with Crippen LogP contribution in [0.15, 0.2) is 4.99 Å². The Morgan fingerprint density at radius 3 is 2.79 bits per heavy atom. The number of unbranched alkanes of at least 4 members (excludes halogenated alkanes) is 2. The van der Waals surface area contributed by atoms with Crippen LogP contribution >= 0.6 is 24.0 Å². The van der Waals surface area contributed by atoms with Crippen LogP contribution in [0.25, 0.3) is 0 Å². The van der Waals surface area contributed by atoms with Crippen LogP contribution in [0.1, 0.15) is 26.2 Å². The summed E-state index contributed by atoms with van der Waals surface area (Å²) in [6.07, 6.45) is 3.97. The molecular weight excluding hydrogens is 355 g/mol. The molecule has 2 N–H and O–H groups in total. The lowest BCUT2D eigenvalue weighted by molar-refractivity contribution is -0.0161. The van der Waals surface area contributed by atoms with E-state index in [1.165, 1.54) is 19.3 Å². The van der Waals surface area contributed by atoms with Crippen LogP contribution in [-0.4, -0.2) is 63.8 Å². The predicted molar refractivity (Wildman–Crippen MR) is 91.5 cm³/mol. The molecule has 1 aliphatic rings. The lowest BCUT2D eigenvalue weighted by Gasteiger charge is -2.30.